The summed E-state index contributed by atoms with van der Waals surface area (Å²) in [6, 6.07) is 0. The maximum Gasteiger partial charge on any atom is 0.199 e. The van der Waals surface area contributed by atoms with Gasteiger partial charge in [-0.3, -0.25) is 5.10 Å². The van der Waals surface area contributed by atoms with Crippen LogP contribution in [-0.2, 0) is 0 Å². The van der Waals surface area contributed by atoms with E-state index in [9.17, 15) is 0 Å². The fourth-order valence-electron chi connectivity index (χ4n) is 0.969. The molecule has 0 atom stereocenters. The van der Waals surface area contributed by atoms with E-state index in [2.05, 4.69) is 25.1 Å². The minimum absolute atomic E-state index is 0.272. The summed E-state index contributed by atoms with van der Waals surface area (Å²) >= 11 is 0. The molecule has 0 radical (unpaired) electrons. The SMILES string of the molecule is COc1cnc(-c2ncn[nH]2)nc1N. The number of nitrogen functional groups attached to an aromatic ring is 1. The molecule has 72 valence electrons. The molecule has 0 aromatic carbocycles. The summed E-state index contributed by atoms with van der Waals surface area (Å²) in [5, 5.41) is 6.32. The summed E-state index contributed by atoms with van der Waals surface area (Å²) in [6.07, 6.45) is 2.86. The van der Waals surface area contributed by atoms with Crippen LogP contribution in [0.25, 0.3) is 11.6 Å². The summed E-state index contributed by atoms with van der Waals surface area (Å²) < 4.78 is 4.92. The molecule has 0 fully saturated rings. The van der Waals surface area contributed by atoms with E-state index in [-0.39, 0.29) is 5.82 Å². The topological polar surface area (TPSA) is 103 Å². The van der Waals surface area contributed by atoms with Gasteiger partial charge in [0.2, 0.25) is 0 Å². The molecule has 2 aromatic heterocycles. The quantitative estimate of drug-likeness (QED) is 0.686. The second-order valence-electron chi connectivity index (χ2n) is 2.48. The van der Waals surface area contributed by atoms with Gasteiger partial charge in [-0.25, -0.2) is 15.0 Å². The summed E-state index contributed by atoms with van der Waals surface area (Å²) in [7, 11) is 1.50. The van der Waals surface area contributed by atoms with Crippen molar-refractivity contribution in [1.82, 2.24) is 25.1 Å². The van der Waals surface area contributed by atoms with E-state index in [0.717, 1.165) is 0 Å². The van der Waals surface area contributed by atoms with Gasteiger partial charge in [-0.15, -0.1) is 0 Å². The van der Waals surface area contributed by atoms with Crippen LogP contribution in [-0.4, -0.2) is 32.3 Å². The minimum atomic E-state index is 0.272. The largest absolute Gasteiger partial charge is 0.491 e. The monoisotopic (exact) mass is 192 g/mol. The molecule has 0 saturated carbocycles. The maximum atomic E-state index is 5.60. The van der Waals surface area contributed by atoms with Gasteiger partial charge in [-0.2, -0.15) is 5.10 Å². The molecule has 0 amide bonds. The lowest BCUT2D eigenvalue weighted by Crippen LogP contribution is -2.00. The molecule has 7 heteroatoms. The molecular formula is C7H8N6O. The van der Waals surface area contributed by atoms with E-state index in [1.54, 1.807) is 0 Å². The molecule has 0 aliphatic carbocycles. The Morgan fingerprint density at radius 3 is 2.86 bits per heavy atom. The second kappa shape index (κ2) is 3.29. The molecule has 2 rings (SSSR count). The molecule has 0 aliphatic heterocycles. The Labute approximate surface area is 79.4 Å². The van der Waals surface area contributed by atoms with E-state index in [0.29, 0.717) is 17.4 Å². The van der Waals surface area contributed by atoms with Crippen LogP contribution in [0.2, 0.25) is 0 Å². The third kappa shape index (κ3) is 1.35. The molecule has 0 aliphatic rings. The third-order valence-corrected chi connectivity index (χ3v) is 1.63. The van der Waals surface area contributed by atoms with Gasteiger partial charge in [0.05, 0.1) is 13.3 Å². The zero-order valence-corrected chi connectivity index (χ0v) is 7.43. The highest BCUT2D eigenvalue weighted by Gasteiger charge is 2.07. The van der Waals surface area contributed by atoms with E-state index in [4.69, 9.17) is 10.5 Å². The number of methoxy groups -OCH3 is 1. The van der Waals surface area contributed by atoms with Crippen molar-refractivity contribution in [3.8, 4) is 17.4 Å². The van der Waals surface area contributed by atoms with Crippen molar-refractivity contribution < 1.29 is 4.74 Å². The number of nitrogens with zero attached hydrogens (tertiary/aromatic N) is 4. The lowest BCUT2D eigenvalue weighted by molar-refractivity contribution is 0.413. The Morgan fingerprint density at radius 1 is 1.43 bits per heavy atom. The van der Waals surface area contributed by atoms with Crippen molar-refractivity contribution in [2.45, 2.75) is 0 Å². The average Bonchev–Trinajstić information content (AvgIpc) is 2.70. The number of aromatic nitrogens is 5. The molecule has 7 nitrogen and oxygen atoms in total. The number of H-pyrrole nitrogens is 1. The van der Waals surface area contributed by atoms with Gasteiger partial charge >= 0.3 is 0 Å². The number of aromatic amines is 1. The summed E-state index contributed by atoms with van der Waals surface area (Å²) in [5.74, 6) is 1.57. The second-order valence-corrected chi connectivity index (χ2v) is 2.48. The Kier molecular flexibility index (Phi) is 1.98. The van der Waals surface area contributed by atoms with E-state index < -0.39 is 0 Å². The van der Waals surface area contributed by atoms with Crippen LogP contribution in [0.4, 0.5) is 5.82 Å². The molecule has 14 heavy (non-hydrogen) atoms. The van der Waals surface area contributed by atoms with Crippen LogP contribution >= 0.6 is 0 Å². The number of rotatable bonds is 2. The first kappa shape index (κ1) is 8.42. The van der Waals surface area contributed by atoms with Gasteiger partial charge in [0.25, 0.3) is 0 Å². The maximum absolute atomic E-state index is 5.60. The Hall–Kier alpha value is -2.18. The summed E-state index contributed by atoms with van der Waals surface area (Å²) in [4.78, 5) is 11.9. The van der Waals surface area contributed by atoms with Crippen LogP contribution in [0.15, 0.2) is 12.5 Å². The number of ether oxygens (including phenoxy) is 1. The smallest absolute Gasteiger partial charge is 0.199 e. The standard InChI is InChI=1S/C7H8N6O/c1-14-4-2-9-6(12-5(4)8)7-10-3-11-13-7/h2-3H,1H3,(H2,8,9,12)(H,10,11,13). The van der Waals surface area contributed by atoms with Crippen LogP contribution in [0.3, 0.4) is 0 Å². The molecule has 0 unspecified atom stereocenters. The van der Waals surface area contributed by atoms with Crippen LogP contribution < -0.4 is 10.5 Å². The van der Waals surface area contributed by atoms with Crippen LogP contribution in [0, 0.1) is 0 Å². The average molecular weight is 192 g/mol. The van der Waals surface area contributed by atoms with Crippen LogP contribution in [0.1, 0.15) is 0 Å². The fourth-order valence-corrected chi connectivity index (χ4v) is 0.969. The van der Waals surface area contributed by atoms with Crippen LogP contribution in [0.5, 0.6) is 5.75 Å². The molecule has 2 heterocycles. The van der Waals surface area contributed by atoms with Crippen molar-refractivity contribution >= 4 is 5.82 Å². The number of nitrogens with one attached hydrogen (secondary N) is 1. The Bertz CT molecular complexity index is 426. The minimum Gasteiger partial charge on any atom is -0.491 e. The number of hydrogen-bond acceptors (Lipinski definition) is 6. The van der Waals surface area contributed by atoms with E-state index >= 15 is 0 Å². The zero-order chi connectivity index (χ0) is 9.97. The first-order valence-corrected chi connectivity index (χ1v) is 3.83. The van der Waals surface area contributed by atoms with Gasteiger partial charge in [-0.1, -0.05) is 0 Å². The molecule has 0 spiro atoms. The zero-order valence-electron chi connectivity index (χ0n) is 7.43. The lowest BCUT2D eigenvalue weighted by Gasteiger charge is -2.02. The number of hydrogen-bond donors (Lipinski definition) is 2. The lowest BCUT2D eigenvalue weighted by atomic mass is 10.5. The molecule has 0 saturated heterocycles. The Morgan fingerprint density at radius 2 is 2.29 bits per heavy atom. The fraction of sp³-hybridized carbons (Fsp3) is 0.143. The highest BCUT2D eigenvalue weighted by atomic mass is 16.5. The highest BCUT2D eigenvalue weighted by Crippen LogP contribution is 2.19. The number of anilines is 1. The summed E-state index contributed by atoms with van der Waals surface area (Å²) in [5.41, 5.74) is 5.60. The first-order valence-electron chi connectivity index (χ1n) is 3.83. The van der Waals surface area contributed by atoms with E-state index in [1.165, 1.54) is 19.6 Å². The van der Waals surface area contributed by atoms with Crippen molar-refractivity contribution in [3.05, 3.63) is 12.5 Å². The number of nitrogens with two attached hydrogens (primary N) is 1. The molecular weight excluding hydrogens is 184 g/mol. The molecule has 0 bridgehead atoms. The molecule has 3 N–H and O–H groups in total. The first-order chi connectivity index (χ1) is 6.81. The van der Waals surface area contributed by atoms with Gasteiger partial charge in [-0.05, 0) is 0 Å². The van der Waals surface area contributed by atoms with Gasteiger partial charge in [0.15, 0.2) is 23.2 Å². The predicted octanol–water partition coefficient (Wildman–Crippen LogP) is -0.148. The van der Waals surface area contributed by atoms with Crippen molar-refractivity contribution in [1.29, 1.82) is 0 Å². The summed E-state index contributed by atoms with van der Waals surface area (Å²) in [6.45, 7) is 0. The van der Waals surface area contributed by atoms with Gasteiger partial charge < -0.3 is 10.5 Å². The van der Waals surface area contributed by atoms with Gasteiger partial charge in [0, 0.05) is 0 Å². The van der Waals surface area contributed by atoms with Crippen molar-refractivity contribution in [2.75, 3.05) is 12.8 Å². The van der Waals surface area contributed by atoms with Crippen molar-refractivity contribution in [3.63, 3.8) is 0 Å². The predicted molar refractivity (Wildman–Crippen MR) is 48.4 cm³/mol. The van der Waals surface area contributed by atoms with Gasteiger partial charge in [0.1, 0.15) is 6.33 Å². The van der Waals surface area contributed by atoms with Crippen molar-refractivity contribution in [2.24, 2.45) is 0 Å². The highest BCUT2D eigenvalue weighted by molar-refractivity contribution is 5.51. The third-order valence-electron chi connectivity index (χ3n) is 1.63. The molecule has 2 aromatic rings. The normalized spacial score (nSPS) is 10.1. The van der Waals surface area contributed by atoms with E-state index in [1.807, 2.05) is 0 Å². The Balaban J connectivity index is 2.43.